The van der Waals surface area contributed by atoms with Crippen LogP contribution < -0.4 is 0 Å². The summed E-state index contributed by atoms with van der Waals surface area (Å²) >= 11 is 4.34. The molecule has 1 heterocycles. The highest BCUT2D eigenvalue weighted by atomic mass is 79.9. The Balaban J connectivity index is 2.37. The van der Waals surface area contributed by atoms with E-state index in [2.05, 4.69) is 15.9 Å². The average molecular weight is 336 g/mol. The molecule has 0 unspecified atom stereocenters. The van der Waals surface area contributed by atoms with Crippen LogP contribution in [0.3, 0.4) is 0 Å². The smallest absolute Gasteiger partial charge is 0.213 e. The molecule has 1 aromatic heterocycles. The molecular formula is C14H7BrFNOS. The summed E-state index contributed by atoms with van der Waals surface area (Å²) in [6, 6.07) is 9.61. The Morgan fingerprint density at radius 2 is 2.21 bits per heavy atom. The van der Waals surface area contributed by atoms with Gasteiger partial charge in [-0.25, -0.2) is 4.39 Å². The van der Waals surface area contributed by atoms with Gasteiger partial charge in [0.25, 0.3) is 0 Å². The number of Topliss-reactive ketones (excluding diaryl/α,β-unsaturated/α-hetero) is 1. The summed E-state index contributed by atoms with van der Waals surface area (Å²) in [5.41, 5.74) is 0.621. The highest BCUT2D eigenvalue weighted by Gasteiger charge is 2.13. The van der Waals surface area contributed by atoms with Crippen molar-refractivity contribution >= 4 is 39.1 Å². The van der Waals surface area contributed by atoms with Crippen molar-refractivity contribution in [2.24, 2.45) is 0 Å². The number of allylic oxidation sites excluding steroid dienone is 1. The SMILES string of the molecule is N#C/C(=C\c1ccc(F)c(Br)c1)C(=O)c1cccs1. The topological polar surface area (TPSA) is 40.9 Å². The molecular weight excluding hydrogens is 329 g/mol. The van der Waals surface area contributed by atoms with Gasteiger partial charge in [0.15, 0.2) is 0 Å². The van der Waals surface area contributed by atoms with Crippen LogP contribution in [0.1, 0.15) is 15.2 Å². The first kappa shape index (κ1) is 13.7. The molecule has 1 aromatic carbocycles. The molecule has 94 valence electrons. The number of hydrogen-bond donors (Lipinski definition) is 0. The van der Waals surface area contributed by atoms with Gasteiger partial charge in [-0.2, -0.15) is 5.26 Å². The van der Waals surface area contributed by atoms with Crippen molar-refractivity contribution in [1.82, 2.24) is 0 Å². The summed E-state index contributed by atoms with van der Waals surface area (Å²) in [6.07, 6.45) is 1.45. The zero-order chi connectivity index (χ0) is 13.8. The van der Waals surface area contributed by atoms with E-state index in [1.807, 2.05) is 6.07 Å². The van der Waals surface area contributed by atoms with Gasteiger partial charge in [0.1, 0.15) is 17.5 Å². The lowest BCUT2D eigenvalue weighted by Crippen LogP contribution is -1.98. The zero-order valence-corrected chi connectivity index (χ0v) is 12.0. The van der Waals surface area contributed by atoms with E-state index < -0.39 is 0 Å². The summed E-state index contributed by atoms with van der Waals surface area (Å²) in [5, 5.41) is 10.8. The molecule has 0 saturated carbocycles. The average Bonchev–Trinajstić information content (AvgIpc) is 2.93. The van der Waals surface area contributed by atoms with Crippen LogP contribution in [0.2, 0.25) is 0 Å². The van der Waals surface area contributed by atoms with Gasteiger partial charge in [-0.3, -0.25) is 4.79 Å². The summed E-state index contributed by atoms with van der Waals surface area (Å²) in [4.78, 5) is 12.5. The molecule has 0 radical (unpaired) electrons. The maximum atomic E-state index is 13.1. The minimum atomic E-state index is -0.389. The third-order valence-corrected chi connectivity index (χ3v) is 3.84. The first-order valence-electron chi connectivity index (χ1n) is 5.27. The van der Waals surface area contributed by atoms with Crippen LogP contribution in [0.25, 0.3) is 6.08 Å². The van der Waals surface area contributed by atoms with Crippen molar-refractivity contribution in [3.8, 4) is 6.07 Å². The fraction of sp³-hybridized carbons (Fsp3) is 0. The maximum Gasteiger partial charge on any atom is 0.213 e. The van der Waals surface area contributed by atoms with Crippen LogP contribution >= 0.6 is 27.3 Å². The minimum Gasteiger partial charge on any atom is -0.287 e. The molecule has 2 rings (SSSR count). The van der Waals surface area contributed by atoms with Crippen molar-refractivity contribution in [3.63, 3.8) is 0 Å². The van der Waals surface area contributed by atoms with E-state index in [0.29, 0.717) is 14.9 Å². The quantitative estimate of drug-likeness (QED) is 0.472. The molecule has 0 aliphatic rings. The Morgan fingerprint density at radius 3 is 2.79 bits per heavy atom. The molecule has 2 aromatic rings. The van der Waals surface area contributed by atoms with Gasteiger partial charge in [0.2, 0.25) is 5.78 Å². The number of carbonyl (C=O) groups is 1. The summed E-state index contributed by atoms with van der Waals surface area (Å²) in [6.45, 7) is 0. The van der Waals surface area contributed by atoms with Crippen molar-refractivity contribution in [1.29, 1.82) is 5.26 Å². The Hall–Kier alpha value is -1.77. The van der Waals surface area contributed by atoms with Crippen LogP contribution in [-0.4, -0.2) is 5.78 Å². The summed E-state index contributed by atoms with van der Waals surface area (Å²) in [5.74, 6) is -0.710. The third-order valence-electron chi connectivity index (χ3n) is 2.36. The fourth-order valence-electron chi connectivity index (χ4n) is 1.46. The molecule has 0 bridgehead atoms. The number of ketones is 1. The first-order valence-corrected chi connectivity index (χ1v) is 6.94. The maximum absolute atomic E-state index is 13.1. The van der Waals surface area contributed by atoms with Crippen LogP contribution in [0.4, 0.5) is 4.39 Å². The zero-order valence-electron chi connectivity index (χ0n) is 9.56. The fourth-order valence-corrected chi connectivity index (χ4v) is 2.53. The van der Waals surface area contributed by atoms with Crippen LogP contribution in [0.5, 0.6) is 0 Å². The number of carbonyl (C=O) groups excluding carboxylic acids is 1. The summed E-state index contributed by atoms with van der Waals surface area (Å²) < 4.78 is 13.4. The predicted molar refractivity (Wildman–Crippen MR) is 76.3 cm³/mol. The molecule has 0 spiro atoms. The Kier molecular flexibility index (Phi) is 4.25. The standard InChI is InChI=1S/C14H7BrFNOS/c15-11-7-9(3-4-12(11)16)6-10(8-17)14(18)13-2-1-5-19-13/h1-7H/b10-6+. The van der Waals surface area contributed by atoms with E-state index >= 15 is 0 Å². The Labute approximate surface area is 121 Å². The summed E-state index contributed by atoms with van der Waals surface area (Å²) in [7, 11) is 0. The van der Waals surface area contributed by atoms with Crippen molar-refractivity contribution in [3.05, 3.63) is 62.0 Å². The third kappa shape index (κ3) is 3.16. The van der Waals surface area contributed by atoms with Crippen molar-refractivity contribution in [2.75, 3.05) is 0 Å². The second-order valence-corrected chi connectivity index (χ2v) is 5.45. The molecule has 0 fully saturated rings. The number of nitriles is 1. The molecule has 2 nitrogen and oxygen atoms in total. The molecule has 0 atom stereocenters. The van der Waals surface area contributed by atoms with Crippen molar-refractivity contribution in [2.45, 2.75) is 0 Å². The second kappa shape index (κ2) is 5.91. The molecule has 0 aliphatic heterocycles. The lowest BCUT2D eigenvalue weighted by molar-refractivity contribution is 0.104. The second-order valence-electron chi connectivity index (χ2n) is 3.65. The monoisotopic (exact) mass is 335 g/mol. The number of halogens is 2. The van der Waals surface area contributed by atoms with E-state index in [0.717, 1.165) is 0 Å². The minimum absolute atomic E-state index is 0.0287. The lowest BCUT2D eigenvalue weighted by atomic mass is 10.1. The largest absolute Gasteiger partial charge is 0.287 e. The van der Waals surface area contributed by atoms with Gasteiger partial charge in [-0.05, 0) is 51.1 Å². The van der Waals surface area contributed by atoms with Gasteiger partial charge in [-0.1, -0.05) is 12.1 Å². The van der Waals surface area contributed by atoms with E-state index in [4.69, 9.17) is 5.26 Å². The number of benzene rings is 1. The highest BCUT2D eigenvalue weighted by molar-refractivity contribution is 9.10. The lowest BCUT2D eigenvalue weighted by Gasteiger charge is -1.99. The predicted octanol–water partition coefficient (Wildman–Crippen LogP) is 4.44. The Bertz CT molecular complexity index is 686. The van der Waals surface area contributed by atoms with Gasteiger partial charge in [0, 0.05) is 0 Å². The van der Waals surface area contributed by atoms with Crippen LogP contribution in [0.15, 0.2) is 45.8 Å². The highest BCUT2D eigenvalue weighted by Crippen LogP contribution is 2.20. The number of thiophene rings is 1. The van der Waals surface area contributed by atoms with Gasteiger partial charge in [0.05, 0.1) is 9.35 Å². The molecule has 5 heteroatoms. The molecule has 0 N–H and O–H groups in total. The van der Waals surface area contributed by atoms with Gasteiger partial charge < -0.3 is 0 Å². The molecule has 0 aliphatic carbocycles. The van der Waals surface area contributed by atoms with E-state index in [1.54, 1.807) is 17.5 Å². The molecule has 19 heavy (non-hydrogen) atoms. The normalized spacial score (nSPS) is 11.1. The van der Waals surface area contributed by atoms with Crippen LogP contribution in [0, 0.1) is 17.1 Å². The van der Waals surface area contributed by atoms with Gasteiger partial charge in [-0.15, -0.1) is 11.3 Å². The van der Waals surface area contributed by atoms with E-state index in [-0.39, 0.29) is 17.2 Å². The number of hydrogen-bond acceptors (Lipinski definition) is 3. The van der Waals surface area contributed by atoms with Gasteiger partial charge >= 0.3 is 0 Å². The molecule has 0 amide bonds. The first-order chi connectivity index (χ1) is 9.11. The Morgan fingerprint density at radius 1 is 1.42 bits per heavy atom. The van der Waals surface area contributed by atoms with E-state index in [9.17, 15) is 9.18 Å². The van der Waals surface area contributed by atoms with E-state index in [1.165, 1.54) is 35.6 Å². The number of rotatable bonds is 3. The van der Waals surface area contributed by atoms with Crippen molar-refractivity contribution < 1.29 is 9.18 Å². The van der Waals surface area contributed by atoms with Crippen LogP contribution in [-0.2, 0) is 0 Å². The number of nitrogens with zero attached hydrogens (tertiary/aromatic N) is 1. The molecule has 0 saturated heterocycles.